The normalized spacial score (nSPS) is 14.3. The number of rotatable bonds is 2. The van der Waals surface area contributed by atoms with Crippen LogP contribution in [0.2, 0.25) is 0 Å². The van der Waals surface area contributed by atoms with E-state index in [2.05, 4.69) is 15.0 Å². The van der Waals surface area contributed by atoms with Crippen LogP contribution in [-0.2, 0) is 13.0 Å². The van der Waals surface area contributed by atoms with Gasteiger partial charge in [0.1, 0.15) is 17.1 Å². The van der Waals surface area contributed by atoms with E-state index in [4.69, 9.17) is 4.42 Å². The Balaban J connectivity index is 1.80. The summed E-state index contributed by atoms with van der Waals surface area (Å²) in [6, 6.07) is 0. The zero-order valence-electron chi connectivity index (χ0n) is 11.9. The molecule has 3 heterocycles. The molecule has 3 rings (SSSR count). The van der Waals surface area contributed by atoms with Gasteiger partial charge in [-0.05, 0) is 0 Å². The number of amides is 1. The van der Waals surface area contributed by atoms with Crippen LogP contribution in [0.15, 0.2) is 21.6 Å². The molecule has 0 radical (unpaired) electrons. The molecular formula is C14H16N4O3. The summed E-state index contributed by atoms with van der Waals surface area (Å²) in [6.45, 7) is 5.00. The summed E-state index contributed by atoms with van der Waals surface area (Å²) in [4.78, 5) is 35.8. The molecule has 0 fully saturated rings. The summed E-state index contributed by atoms with van der Waals surface area (Å²) < 4.78 is 5.70. The number of oxazole rings is 1. The second-order valence-corrected chi connectivity index (χ2v) is 5.35. The number of H-pyrrole nitrogens is 1. The molecule has 7 nitrogen and oxygen atoms in total. The van der Waals surface area contributed by atoms with Gasteiger partial charge in [0, 0.05) is 25.1 Å². The van der Waals surface area contributed by atoms with Crippen molar-refractivity contribution in [3.8, 4) is 0 Å². The molecule has 1 amide bonds. The molecule has 0 aliphatic carbocycles. The number of carbonyl (C=O) groups excluding carboxylic acids is 1. The van der Waals surface area contributed by atoms with Gasteiger partial charge < -0.3 is 14.3 Å². The Bertz CT molecular complexity index is 712. The standard InChI is InChI=1S/C14H16N4O3/c1-8(2)13-17-10-7-18(4-3-11(10)21-13)14(20)9-5-16-12(19)6-15-9/h5-6,8H,3-4,7H2,1-2H3,(H,16,19). The maximum atomic E-state index is 12.3. The van der Waals surface area contributed by atoms with Crippen LogP contribution in [0.4, 0.5) is 0 Å². The molecule has 0 unspecified atom stereocenters. The van der Waals surface area contributed by atoms with Gasteiger partial charge in [-0.15, -0.1) is 0 Å². The minimum absolute atomic E-state index is 0.217. The number of nitrogens with one attached hydrogen (secondary N) is 1. The average molecular weight is 288 g/mol. The number of hydrogen-bond acceptors (Lipinski definition) is 5. The van der Waals surface area contributed by atoms with Crippen LogP contribution in [0.5, 0.6) is 0 Å². The monoisotopic (exact) mass is 288 g/mol. The quantitative estimate of drug-likeness (QED) is 0.892. The van der Waals surface area contributed by atoms with Gasteiger partial charge in [0.15, 0.2) is 5.89 Å². The van der Waals surface area contributed by atoms with Gasteiger partial charge >= 0.3 is 0 Å². The zero-order valence-corrected chi connectivity index (χ0v) is 11.9. The van der Waals surface area contributed by atoms with Gasteiger partial charge in [-0.3, -0.25) is 9.59 Å². The van der Waals surface area contributed by atoms with Crippen molar-refractivity contribution in [3.05, 3.63) is 45.8 Å². The number of carbonyl (C=O) groups is 1. The second-order valence-electron chi connectivity index (χ2n) is 5.35. The zero-order chi connectivity index (χ0) is 15.0. The van der Waals surface area contributed by atoms with E-state index < -0.39 is 0 Å². The van der Waals surface area contributed by atoms with Crippen molar-refractivity contribution in [2.75, 3.05) is 6.54 Å². The van der Waals surface area contributed by atoms with Gasteiger partial charge in [-0.25, -0.2) is 9.97 Å². The number of nitrogens with zero attached hydrogens (tertiary/aromatic N) is 3. The predicted octanol–water partition coefficient (Wildman–Crippen LogP) is 1.08. The molecule has 0 saturated carbocycles. The van der Waals surface area contributed by atoms with E-state index in [0.29, 0.717) is 25.4 Å². The van der Waals surface area contributed by atoms with Crippen molar-refractivity contribution < 1.29 is 9.21 Å². The van der Waals surface area contributed by atoms with Crippen molar-refractivity contribution in [1.82, 2.24) is 19.9 Å². The van der Waals surface area contributed by atoms with E-state index in [0.717, 1.165) is 17.7 Å². The molecular weight excluding hydrogens is 272 g/mol. The van der Waals surface area contributed by atoms with E-state index in [9.17, 15) is 9.59 Å². The lowest BCUT2D eigenvalue weighted by atomic mass is 10.1. The van der Waals surface area contributed by atoms with Gasteiger partial charge in [-0.2, -0.15) is 0 Å². The van der Waals surface area contributed by atoms with Crippen LogP contribution in [-0.4, -0.2) is 32.3 Å². The Hall–Kier alpha value is -2.44. The number of aromatic nitrogens is 3. The fourth-order valence-corrected chi connectivity index (χ4v) is 2.26. The summed E-state index contributed by atoms with van der Waals surface area (Å²) in [6.07, 6.45) is 3.09. The maximum absolute atomic E-state index is 12.3. The third-order valence-corrected chi connectivity index (χ3v) is 3.42. The van der Waals surface area contributed by atoms with Crippen LogP contribution in [0.1, 0.15) is 47.6 Å². The summed E-state index contributed by atoms with van der Waals surface area (Å²) in [5, 5.41) is 0. The predicted molar refractivity (Wildman–Crippen MR) is 73.9 cm³/mol. The first-order chi connectivity index (χ1) is 10.0. The fourth-order valence-electron chi connectivity index (χ4n) is 2.26. The lowest BCUT2D eigenvalue weighted by Gasteiger charge is -2.24. The molecule has 0 bridgehead atoms. The molecule has 0 atom stereocenters. The minimum Gasteiger partial charge on any atom is -0.445 e. The molecule has 21 heavy (non-hydrogen) atoms. The van der Waals surface area contributed by atoms with Gasteiger partial charge in [0.2, 0.25) is 0 Å². The molecule has 2 aromatic rings. The van der Waals surface area contributed by atoms with E-state index in [1.807, 2.05) is 13.8 Å². The van der Waals surface area contributed by atoms with Crippen LogP contribution in [0.25, 0.3) is 0 Å². The molecule has 2 aromatic heterocycles. The van der Waals surface area contributed by atoms with Crippen molar-refractivity contribution >= 4 is 5.91 Å². The summed E-state index contributed by atoms with van der Waals surface area (Å²) >= 11 is 0. The van der Waals surface area contributed by atoms with E-state index >= 15 is 0 Å². The second kappa shape index (κ2) is 5.16. The minimum atomic E-state index is -0.328. The van der Waals surface area contributed by atoms with Crippen LogP contribution in [0.3, 0.4) is 0 Å². The molecule has 0 saturated heterocycles. The Labute approximate surface area is 121 Å². The van der Waals surface area contributed by atoms with E-state index in [-0.39, 0.29) is 23.1 Å². The third kappa shape index (κ3) is 2.58. The van der Waals surface area contributed by atoms with Crippen LogP contribution < -0.4 is 5.56 Å². The van der Waals surface area contributed by atoms with Gasteiger partial charge in [0.25, 0.3) is 11.5 Å². The van der Waals surface area contributed by atoms with Gasteiger partial charge in [0.05, 0.1) is 12.7 Å². The van der Waals surface area contributed by atoms with E-state index in [1.54, 1.807) is 4.90 Å². The average Bonchev–Trinajstić information content (AvgIpc) is 2.90. The smallest absolute Gasteiger partial charge is 0.274 e. The summed E-state index contributed by atoms with van der Waals surface area (Å²) in [5.74, 6) is 1.57. The van der Waals surface area contributed by atoms with Crippen molar-refractivity contribution in [2.24, 2.45) is 0 Å². The topological polar surface area (TPSA) is 92.1 Å². The lowest BCUT2D eigenvalue weighted by Crippen LogP contribution is -2.36. The maximum Gasteiger partial charge on any atom is 0.274 e. The molecule has 0 aromatic carbocycles. The van der Waals surface area contributed by atoms with Crippen LogP contribution in [0, 0.1) is 0 Å². The highest BCUT2D eigenvalue weighted by molar-refractivity contribution is 5.92. The molecule has 7 heteroatoms. The molecule has 110 valence electrons. The van der Waals surface area contributed by atoms with Crippen LogP contribution >= 0.6 is 0 Å². The molecule has 0 spiro atoms. The first kappa shape index (κ1) is 13.5. The highest BCUT2D eigenvalue weighted by Crippen LogP contribution is 2.24. The Morgan fingerprint density at radius 3 is 2.95 bits per heavy atom. The third-order valence-electron chi connectivity index (χ3n) is 3.42. The largest absolute Gasteiger partial charge is 0.445 e. The Kier molecular flexibility index (Phi) is 3.32. The first-order valence-electron chi connectivity index (χ1n) is 6.87. The summed E-state index contributed by atoms with van der Waals surface area (Å²) in [7, 11) is 0. The lowest BCUT2D eigenvalue weighted by molar-refractivity contribution is 0.0721. The molecule has 1 aliphatic heterocycles. The highest BCUT2D eigenvalue weighted by Gasteiger charge is 2.27. The van der Waals surface area contributed by atoms with Gasteiger partial charge in [-0.1, -0.05) is 13.8 Å². The summed E-state index contributed by atoms with van der Waals surface area (Å²) in [5.41, 5.74) is 0.707. The molecule has 1 aliphatic rings. The SMILES string of the molecule is CC(C)c1nc2c(o1)CCN(C(=O)c1c[nH]c(=O)cn1)C2. The van der Waals surface area contributed by atoms with E-state index in [1.165, 1.54) is 6.20 Å². The Morgan fingerprint density at radius 1 is 1.48 bits per heavy atom. The first-order valence-corrected chi connectivity index (χ1v) is 6.87. The van der Waals surface area contributed by atoms with Crippen molar-refractivity contribution in [3.63, 3.8) is 0 Å². The fraction of sp³-hybridized carbons (Fsp3) is 0.429. The highest BCUT2D eigenvalue weighted by atomic mass is 16.4. The van der Waals surface area contributed by atoms with Crippen molar-refractivity contribution in [2.45, 2.75) is 32.7 Å². The number of aromatic amines is 1. The van der Waals surface area contributed by atoms with Crippen molar-refractivity contribution in [1.29, 1.82) is 0 Å². The number of fused-ring (bicyclic) bond motifs is 1. The molecule has 1 N–H and O–H groups in total. The Morgan fingerprint density at radius 2 is 2.29 bits per heavy atom. The number of hydrogen-bond donors (Lipinski definition) is 1.